The maximum absolute atomic E-state index is 5.02. The topological polar surface area (TPSA) is 63.2 Å². The van der Waals surface area contributed by atoms with Crippen molar-refractivity contribution in [3.05, 3.63) is 42.1 Å². The molecule has 1 N–H and O–H groups in total. The monoisotopic (exact) mass is 301 g/mol. The second-order valence-corrected chi connectivity index (χ2v) is 5.27. The van der Waals surface area contributed by atoms with Gasteiger partial charge in [-0.05, 0) is 19.4 Å². The normalized spacial score (nSPS) is 10.7. The molecule has 1 aromatic heterocycles. The van der Waals surface area contributed by atoms with E-state index < -0.39 is 0 Å². The summed E-state index contributed by atoms with van der Waals surface area (Å²) >= 11 is 0. The summed E-state index contributed by atoms with van der Waals surface area (Å²) in [5.41, 5.74) is 1.22. The molecule has 0 radical (unpaired) electrons. The number of anilines is 2. The zero-order valence-corrected chi connectivity index (χ0v) is 13.4. The molecule has 22 heavy (non-hydrogen) atoms. The Labute approximate surface area is 131 Å². The van der Waals surface area contributed by atoms with Gasteiger partial charge < -0.3 is 15.0 Å². The lowest BCUT2D eigenvalue weighted by atomic mass is 10.2. The number of ether oxygens (including phenoxy) is 1. The van der Waals surface area contributed by atoms with E-state index in [4.69, 9.17) is 4.74 Å². The summed E-state index contributed by atoms with van der Waals surface area (Å²) in [6.45, 7) is 6.31. The Hall–Kier alpha value is -2.21. The van der Waals surface area contributed by atoms with Crippen LogP contribution in [0.4, 0.5) is 11.8 Å². The average molecular weight is 301 g/mol. The Bertz CT molecular complexity index is 561. The number of rotatable bonds is 8. The van der Waals surface area contributed by atoms with Crippen LogP contribution in [-0.2, 0) is 11.3 Å². The maximum Gasteiger partial charge on any atom is 0.247 e. The van der Waals surface area contributed by atoms with Gasteiger partial charge in [0, 0.05) is 26.2 Å². The first-order valence-corrected chi connectivity index (χ1v) is 7.44. The highest BCUT2D eigenvalue weighted by molar-refractivity contribution is 5.40. The number of hydrogen-bond donors (Lipinski definition) is 1. The molecule has 0 aliphatic rings. The molecule has 6 nitrogen and oxygen atoms in total. The van der Waals surface area contributed by atoms with Crippen LogP contribution in [0.5, 0.6) is 0 Å². The molecular formula is C16H23N5O. The van der Waals surface area contributed by atoms with Crippen LogP contribution >= 0.6 is 0 Å². The van der Waals surface area contributed by atoms with Gasteiger partial charge in [0.2, 0.25) is 5.95 Å². The van der Waals surface area contributed by atoms with Crippen LogP contribution in [0.2, 0.25) is 0 Å². The number of aromatic nitrogens is 3. The van der Waals surface area contributed by atoms with E-state index in [-0.39, 0.29) is 6.04 Å². The highest BCUT2D eigenvalue weighted by Gasteiger charge is 2.15. The van der Waals surface area contributed by atoms with E-state index >= 15 is 0 Å². The molecule has 0 saturated carbocycles. The average Bonchev–Trinajstić information content (AvgIpc) is 2.54. The molecule has 0 atom stereocenters. The van der Waals surface area contributed by atoms with E-state index in [1.807, 2.05) is 18.2 Å². The quantitative estimate of drug-likeness (QED) is 0.755. The molecule has 1 aromatic carbocycles. The Kier molecular flexibility index (Phi) is 6.09. The second kappa shape index (κ2) is 8.29. The van der Waals surface area contributed by atoms with Gasteiger partial charge in [-0.2, -0.15) is 10.1 Å². The predicted octanol–water partition coefficient (Wildman–Crippen LogP) is 2.34. The minimum Gasteiger partial charge on any atom is -0.383 e. The minimum absolute atomic E-state index is 0.274. The Morgan fingerprint density at radius 1 is 1.23 bits per heavy atom. The van der Waals surface area contributed by atoms with Gasteiger partial charge in [0.25, 0.3) is 0 Å². The highest BCUT2D eigenvalue weighted by atomic mass is 16.5. The van der Waals surface area contributed by atoms with Gasteiger partial charge in [-0.3, -0.25) is 0 Å². The minimum atomic E-state index is 0.274. The Morgan fingerprint density at radius 2 is 2.00 bits per heavy atom. The zero-order valence-electron chi connectivity index (χ0n) is 13.4. The van der Waals surface area contributed by atoms with Gasteiger partial charge in [0.15, 0.2) is 5.82 Å². The first-order valence-electron chi connectivity index (χ1n) is 7.44. The SMILES string of the molecule is COCCNc1cnnc(N(Cc2ccccc2)C(C)C)n1. The Balaban J connectivity index is 2.12. The van der Waals surface area contributed by atoms with Crippen molar-refractivity contribution in [1.82, 2.24) is 15.2 Å². The first-order chi connectivity index (χ1) is 10.7. The number of nitrogens with zero attached hydrogens (tertiary/aromatic N) is 4. The van der Waals surface area contributed by atoms with Crippen LogP contribution in [-0.4, -0.2) is 41.5 Å². The van der Waals surface area contributed by atoms with Crippen LogP contribution < -0.4 is 10.2 Å². The van der Waals surface area contributed by atoms with Gasteiger partial charge in [-0.25, -0.2) is 0 Å². The van der Waals surface area contributed by atoms with Gasteiger partial charge in [0.05, 0.1) is 12.8 Å². The highest BCUT2D eigenvalue weighted by Crippen LogP contribution is 2.16. The third-order valence-corrected chi connectivity index (χ3v) is 3.24. The van der Waals surface area contributed by atoms with Crippen molar-refractivity contribution in [2.24, 2.45) is 0 Å². The number of nitrogens with one attached hydrogen (secondary N) is 1. The lowest BCUT2D eigenvalue weighted by Gasteiger charge is -2.26. The van der Waals surface area contributed by atoms with Gasteiger partial charge in [-0.15, -0.1) is 5.10 Å². The van der Waals surface area contributed by atoms with Crippen LogP contribution in [0.1, 0.15) is 19.4 Å². The van der Waals surface area contributed by atoms with Gasteiger partial charge in [-0.1, -0.05) is 30.3 Å². The summed E-state index contributed by atoms with van der Waals surface area (Å²) in [5.74, 6) is 1.34. The molecule has 0 fully saturated rings. The third-order valence-electron chi connectivity index (χ3n) is 3.24. The second-order valence-electron chi connectivity index (χ2n) is 5.27. The fourth-order valence-electron chi connectivity index (χ4n) is 2.05. The summed E-state index contributed by atoms with van der Waals surface area (Å²) in [6.07, 6.45) is 1.63. The van der Waals surface area contributed by atoms with Crippen LogP contribution in [0.15, 0.2) is 36.5 Å². The van der Waals surface area contributed by atoms with E-state index in [0.717, 1.165) is 6.54 Å². The van der Waals surface area contributed by atoms with Crippen molar-refractivity contribution in [3.8, 4) is 0 Å². The lowest BCUT2D eigenvalue weighted by Crippen LogP contribution is -2.32. The van der Waals surface area contributed by atoms with E-state index in [9.17, 15) is 0 Å². The fourth-order valence-corrected chi connectivity index (χ4v) is 2.05. The molecule has 0 bridgehead atoms. The number of methoxy groups -OCH3 is 1. The third kappa shape index (κ3) is 4.66. The molecule has 0 amide bonds. The molecule has 2 rings (SSSR count). The molecule has 1 heterocycles. The van der Waals surface area contributed by atoms with Crippen molar-refractivity contribution < 1.29 is 4.74 Å². The van der Waals surface area contributed by atoms with Crippen molar-refractivity contribution in [3.63, 3.8) is 0 Å². The van der Waals surface area contributed by atoms with Crippen LogP contribution in [0.3, 0.4) is 0 Å². The van der Waals surface area contributed by atoms with Gasteiger partial charge in [0.1, 0.15) is 0 Å². The number of hydrogen-bond acceptors (Lipinski definition) is 6. The van der Waals surface area contributed by atoms with Crippen molar-refractivity contribution >= 4 is 11.8 Å². The van der Waals surface area contributed by atoms with Crippen LogP contribution in [0, 0.1) is 0 Å². The summed E-state index contributed by atoms with van der Waals surface area (Å²) in [7, 11) is 1.67. The zero-order chi connectivity index (χ0) is 15.8. The summed E-state index contributed by atoms with van der Waals surface area (Å²) in [4.78, 5) is 6.68. The summed E-state index contributed by atoms with van der Waals surface area (Å²) in [5, 5.41) is 11.4. The summed E-state index contributed by atoms with van der Waals surface area (Å²) in [6, 6.07) is 10.6. The molecular weight excluding hydrogens is 278 g/mol. The van der Waals surface area contributed by atoms with E-state index in [2.05, 4.69) is 51.4 Å². The fraction of sp³-hybridized carbons (Fsp3) is 0.438. The standard InChI is InChI=1S/C16H23N5O/c1-13(2)21(12-14-7-5-4-6-8-14)16-19-15(11-18-20-16)17-9-10-22-3/h4-8,11,13H,9-10,12H2,1-3H3,(H,17,19,20). The van der Waals surface area contributed by atoms with E-state index in [0.29, 0.717) is 24.9 Å². The summed E-state index contributed by atoms with van der Waals surface area (Å²) < 4.78 is 5.02. The van der Waals surface area contributed by atoms with E-state index in [1.54, 1.807) is 13.3 Å². The first kappa shape index (κ1) is 16.2. The number of benzene rings is 1. The van der Waals surface area contributed by atoms with E-state index in [1.165, 1.54) is 5.56 Å². The molecule has 6 heteroatoms. The largest absolute Gasteiger partial charge is 0.383 e. The van der Waals surface area contributed by atoms with Crippen LogP contribution in [0.25, 0.3) is 0 Å². The Morgan fingerprint density at radius 3 is 2.68 bits per heavy atom. The smallest absolute Gasteiger partial charge is 0.247 e. The predicted molar refractivity (Wildman–Crippen MR) is 88.0 cm³/mol. The van der Waals surface area contributed by atoms with Crippen molar-refractivity contribution in [2.45, 2.75) is 26.4 Å². The molecule has 0 aliphatic carbocycles. The molecule has 0 unspecified atom stereocenters. The molecule has 0 aliphatic heterocycles. The lowest BCUT2D eigenvalue weighted by molar-refractivity contribution is 0.210. The maximum atomic E-state index is 5.02. The molecule has 2 aromatic rings. The molecule has 0 spiro atoms. The van der Waals surface area contributed by atoms with Crippen molar-refractivity contribution in [1.29, 1.82) is 0 Å². The molecule has 118 valence electrons. The van der Waals surface area contributed by atoms with Crippen molar-refractivity contribution in [2.75, 3.05) is 30.5 Å². The molecule has 0 saturated heterocycles. The van der Waals surface area contributed by atoms with Gasteiger partial charge >= 0.3 is 0 Å².